The smallest absolute Gasteiger partial charge is 0.153 e. The molecule has 0 spiro atoms. The molecular weight excluding hydrogens is 286 g/mol. The van der Waals surface area contributed by atoms with Gasteiger partial charge in [-0.05, 0) is 32.9 Å². The first-order valence-electron chi connectivity index (χ1n) is 7.11. The van der Waals surface area contributed by atoms with Crippen molar-refractivity contribution in [3.63, 3.8) is 0 Å². The van der Waals surface area contributed by atoms with E-state index in [4.69, 9.17) is 0 Å². The van der Waals surface area contributed by atoms with E-state index in [1.807, 2.05) is 18.2 Å². The average Bonchev–Trinajstić information content (AvgIpc) is 2.74. The van der Waals surface area contributed by atoms with E-state index in [0.29, 0.717) is 13.1 Å². The molecule has 0 bridgehead atoms. The number of nitrogens with zero attached hydrogens (tertiary/aromatic N) is 2. The Morgan fingerprint density at radius 3 is 2.57 bits per heavy atom. The van der Waals surface area contributed by atoms with Crippen LogP contribution in [0.1, 0.15) is 26.6 Å². The predicted octanol–water partition coefficient (Wildman–Crippen LogP) is 1.97. The van der Waals surface area contributed by atoms with Crippen LogP contribution in [0.4, 0.5) is 0 Å². The molecule has 1 aromatic heterocycles. The maximum atomic E-state index is 11.7. The monoisotopic (exact) mass is 309 g/mol. The lowest BCUT2D eigenvalue weighted by atomic mass is 10.2. The number of para-hydroxylation sites is 2. The van der Waals surface area contributed by atoms with Crippen molar-refractivity contribution in [1.82, 2.24) is 14.9 Å². The van der Waals surface area contributed by atoms with Gasteiger partial charge in [0.1, 0.15) is 5.82 Å². The highest BCUT2D eigenvalue weighted by molar-refractivity contribution is 7.92. The number of fused-ring (bicyclic) bond motifs is 1. The highest BCUT2D eigenvalue weighted by Gasteiger charge is 2.29. The number of aromatic nitrogens is 2. The van der Waals surface area contributed by atoms with Gasteiger partial charge in [0.25, 0.3) is 0 Å². The third-order valence-corrected chi connectivity index (χ3v) is 6.04. The number of benzene rings is 1. The zero-order chi connectivity index (χ0) is 15.7. The summed E-state index contributed by atoms with van der Waals surface area (Å²) in [5.74, 6) is 0.933. The molecule has 1 N–H and O–H groups in total. The molecular formula is C15H23N3O2S. The van der Waals surface area contributed by atoms with Gasteiger partial charge in [-0.15, -0.1) is 0 Å². The molecule has 1 aromatic carbocycles. The van der Waals surface area contributed by atoms with Crippen molar-refractivity contribution in [1.29, 1.82) is 0 Å². The van der Waals surface area contributed by atoms with E-state index < -0.39 is 14.6 Å². The topological polar surface area (TPSA) is 64.0 Å². The van der Waals surface area contributed by atoms with E-state index in [1.54, 1.807) is 13.8 Å². The molecule has 0 fully saturated rings. The van der Waals surface area contributed by atoms with Gasteiger partial charge in [-0.2, -0.15) is 0 Å². The highest BCUT2D eigenvalue weighted by atomic mass is 32.2. The van der Waals surface area contributed by atoms with Gasteiger partial charge in [-0.3, -0.25) is 0 Å². The minimum atomic E-state index is -3.09. The molecule has 0 aliphatic heterocycles. The molecule has 0 saturated carbocycles. The Morgan fingerprint density at radius 2 is 1.95 bits per heavy atom. The summed E-state index contributed by atoms with van der Waals surface area (Å²) in [4.78, 5) is 4.62. The Morgan fingerprint density at radius 1 is 1.29 bits per heavy atom. The van der Waals surface area contributed by atoms with E-state index >= 15 is 0 Å². The van der Waals surface area contributed by atoms with Crippen LogP contribution in [-0.4, -0.2) is 35.5 Å². The minimum Gasteiger partial charge on any atom is -0.327 e. The van der Waals surface area contributed by atoms with Gasteiger partial charge >= 0.3 is 0 Å². The largest absolute Gasteiger partial charge is 0.327 e. The summed E-state index contributed by atoms with van der Waals surface area (Å²) >= 11 is 0. The second-order valence-corrected chi connectivity index (χ2v) is 8.55. The molecule has 6 heteroatoms. The first kappa shape index (κ1) is 16.0. The second kappa shape index (κ2) is 5.77. The number of nitrogens with one attached hydrogen (secondary N) is 1. The van der Waals surface area contributed by atoms with Gasteiger partial charge in [-0.1, -0.05) is 12.1 Å². The average molecular weight is 309 g/mol. The first-order valence-corrected chi connectivity index (χ1v) is 9.00. The quantitative estimate of drug-likeness (QED) is 0.886. The van der Waals surface area contributed by atoms with Crippen LogP contribution in [-0.2, 0) is 22.9 Å². The summed E-state index contributed by atoms with van der Waals surface area (Å²) in [6.07, 6.45) is 1.27. The van der Waals surface area contributed by atoms with Crippen LogP contribution < -0.4 is 5.32 Å². The van der Waals surface area contributed by atoms with Crippen molar-refractivity contribution in [2.45, 2.75) is 38.6 Å². The molecule has 5 nitrogen and oxygen atoms in total. The van der Waals surface area contributed by atoms with Crippen LogP contribution in [0.2, 0.25) is 0 Å². The number of hydrogen-bond donors (Lipinski definition) is 1. The second-order valence-electron chi connectivity index (χ2n) is 5.90. The van der Waals surface area contributed by atoms with Crippen LogP contribution in [0.5, 0.6) is 0 Å². The summed E-state index contributed by atoms with van der Waals surface area (Å²) in [6.45, 7) is 7.35. The lowest BCUT2D eigenvalue weighted by Gasteiger charge is -2.22. The van der Waals surface area contributed by atoms with Crippen LogP contribution in [0, 0.1) is 0 Å². The Bertz CT molecular complexity index is 732. The molecule has 0 atom stereocenters. The third kappa shape index (κ3) is 3.27. The Hall–Kier alpha value is -1.40. The number of hydrogen-bond acceptors (Lipinski definition) is 4. The first-order chi connectivity index (χ1) is 9.76. The van der Waals surface area contributed by atoms with E-state index in [-0.39, 0.29) is 0 Å². The van der Waals surface area contributed by atoms with Crippen LogP contribution in [0.25, 0.3) is 11.0 Å². The lowest BCUT2D eigenvalue weighted by Crippen LogP contribution is -2.41. The normalized spacial score (nSPS) is 13.0. The van der Waals surface area contributed by atoms with E-state index in [9.17, 15) is 8.42 Å². The number of imidazole rings is 1. The molecule has 116 valence electrons. The molecule has 1 heterocycles. The van der Waals surface area contributed by atoms with Crippen molar-refractivity contribution in [2.24, 2.45) is 0 Å². The molecule has 21 heavy (non-hydrogen) atoms. The molecule has 0 radical (unpaired) electrons. The number of aryl methyl sites for hydroxylation is 1. The van der Waals surface area contributed by atoms with Crippen molar-refractivity contribution in [2.75, 3.05) is 12.8 Å². The van der Waals surface area contributed by atoms with Crippen molar-refractivity contribution in [3.05, 3.63) is 30.1 Å². The molecule has 0 unspecified atom stereocenters. The summed E-state index contributed by atoms with van der Waals surface area (Å²) in [7, 11) is -3.09. The van der Waals surface area contributed by atoms with E-state index in [0.717, 1.165) is 23.4 Å². The zero-order valence-electron chi connectivity index (χ0n) is 13.0. The molecule has 2 rings (SSSR count). The van der Waals surface area contributed by atoms with Crippen molar-refractivity contribution >= 4 is 20.9 Å². The summed E-state index contributed by atoms with van der Waals surface area (Å²) < 4.78 is 24.8. The van der Waals surface area contributed by atoms with Gasteiger partial charge in [-0.25, -0.2) is 13.4 Å². The summed E-state index contributed by atoms with van der Waals surface area (Å²) in [6, 6.07) is 8.01. The Labute approximate surface area is 126 Å². The van der Waals surface area contributed by atoms with Gasteiger partial charge in [0.2, 0.25) is 0 Å². The Balaban J connectivity index is 2.14. The fourth-order valence-electron chi connectivity index (χ4n) is 2.22. The third-order valence-electron chi connectivity index (χ3n) is 3.89. The molecule has 0 aliphatic carbocycles. The lowest BCUT2D eigenvalue weighted by molar-refractivity contribution is 0.512. The number of rotatable bonds is 6. The van der Waals surface area contributed by atoms with E-state index in [2.05, 4.69) is 27.9 Å². The highest BCUT2D eigenvalue weighted by Crippen LogP contribution is 2.17. The maximum absolute atomic E-state index is 11.7. The van der Waals surface area contributed by atoms with Crippen LogP contribution >= 0.6 is 0 Å². The van der Waals surface area contributed by atoms with Crippen LogP contribution in [0.3, 0.4) is 0 Å². The Kier molecular flexibility index (Phi) is 4.39. The predicted molar refractivity (Wildman–Crippen MR) is 86.0 cm³/mol. The van der Waals surface area contributed by atoms with Crippen molar-refractivity contribution in [3.8, 4) is 0 Å². The van der Waals surface area contributed by atoms with Gasteiger partial charge in [0, 0.05) is 19.3 Å². The maximum Gasteiger partial charge on any atom is 0.153 e. The fraction of sp³-hybridized carbons (Fsp3) is 0.533. The van der Waals surface area contributed by atoms with Gasteiger partial charge in [0.15, 0.2) is 9.84 Å². The van der Waals surface area contributed by atoms with Crippen molar-refractivity contribution < 1.29 is 8.42 Å². The summed E-state index contributed by atoms with van der Waals surface area (Å²) in [5.41, 5.74) is 2.08. The zero-order valence-corrected chi connectivity index (χ0v) is 13.9. The summed E-state index contributed by atoms with van der Waals surface area (Å²) in [5, 5.41) is 3.22. The number of sulfone groups is 1. The molecule has 0 aliphatic rings. The SMILES string of the molecule is CCn1c(CNCC(C)(C)S(C)(=O)=O)nc2ccccc21. The molecule has 2 aromatic rings. The molecule has 0 amide bonds. The van der Waals surface area contributed by atoms with Gasteiger partial charge in [0.05, 0.1) is 22.3 Å². The van der Waals surface area contributed by atoms with E-state index in [1.165, 1.54) is 6.26 Å². The molecule has 0 saturated heterocycles. The van der Waals surface area contributed by atoms with Gasteiger partial charge < -0.3 is 9.88 Å². The fourth-order valence-corrected chi connectivity index (χ4v) is 2.58. The van der Waals surface area contributed by atoms with Crippen LogP contribution in [0.15, 0.2) is 24.3 Å². The standard InChI is InChI=1S/C15H23N3O2S/c1-5-18-13-9-7-6-8-12(13)17-14(18)10-16-11-15(2,3)21(4,19)20/h6-9,16H,5,10-11H2,1-4H3. The minimum absolute atomic E-state index is 0.402.